The summed E-state index contributed by atoms with van der Waals surface area (Å²) in [6.45, 7) is 1.92. The second-order valence-corrected chi connectivity index (χ2v) is 5.56. The van der Waals surface area contributed by atoms with Crippen molar-refractivity contribution >= 4 is 23.4 Å². The average Bonchev–Trinajstić information content (AvgIpc) is 2.34. The Hall–Kier alpha value is -1.03. The van der Waals surface area contributed by atoms with Crippen molar-refractivity contribution in [2.45, 2.75) is 22.8 Å². The van der Waals surface area contributed by atoms with Crippen LogP contribution in [-0.4, -0.2) is 0 Å². The third-order valence-electron chi connectivity index (χ3n) is 2.52. The first-order valence-electron chi connectivity index (χ1n) is 5.54. The molecular weight excluding hydrogens is 269 g/mol. The monoisotopic (exact) mass is 281 g/mol. The number of nitrogens with two attached hydrogens (primary N) is 1. The molecule has 0 aliphatic rings. The first-order chi connectivity index (χ1) is 8.56. The zero-order valence-electron chi connectivity index (χ0n) is 9.86. The summed E-state index contributed by atoms with van der Waals surface area (Å²) < 4.78 is 12.8. The van der Waals surface area contributed by atoms with Crippen LogP contribution in [0.3, 0.4) is 0 Å². The van der Waals surface area contributed by atoms with Crippen molar-refractivity contribution < 1.29 is 4.39 Å². The molecule has 2 aromatic carbocycles. The van der Waals surface area contributed by atoms with Crippen LogP contribution in [0.4, 0.5) is 4.39 Å². The average molecular weight is 282 g/mol. The summed E-state index contributed by atoms with van der Waals surface area (Å²) in [5.74, 6) is -0.238. The Morgan fingerprint density at radius 2 is 1.83 bits per heavy atom. The minimum Gasteiger partial charge on any atom is -0.324 e. The summed E-state index contributed by atoms with van der Waals surface area (Å²) in [5.41, 5.74) is 6.80. The van der Waals surface area contributed by atoms with E-state index in [1.165, 1.54) is 23.9 Å². The van der Waals surface area contributed by atoms with Crippen molar-refractivity contribution in [2.24, 2.45) is 5.73 Å². The van der Waals surface area contributed by atoms with Gasteiger partial charge in [0.1, 0.15) is 5.82 Å². The molecule has 18 heavy (non-hydrogen) atoms. The third-order valence-corrected chi connectivity index (χ3v) is 4.03. The predicted molar refractivity (Wildman–Crippen MR) is 74.6 cm³/mol. The highest BCUT2D eigenvalue weighted by Gasteiger charge is 2.06. The van der Waals surface area contributed by atoms with Gasteiger partial charge in [0.15, 0.2) is 0 Å². The minimum absolute atomic E-state index is 0.0348. The molecule has 0 fully saturated rings. The van der Waals surface area contributed by atoms with Gasteiger partial charge in [-0.2, -0.15) is 0 Å². The molecule has 0 spiro atoms. The van der Waals surface area contributed by atoms with E-state index in [1.807, 2.05) is 25.1 Å². The molecule has 2 N–H and O–H groups in total. The van der Waals surface area contributed by atoms with E-state index >= 15 is 0 Å². The van der Waals surface area contributed by atoms with Gasteiger partial charge >= 0.3 is 0 Å². The van der Waals surface area contributed by atoms with Gasteiger partial charge in [0.2, 0.25) is 0 Å². The van der Waals surface area contributed by atoms with Crippen LogP contribution in [0, 0.1) is 5.82 Å². The Bertz CT molecular complexity index is 540. The molecule has 0 aliphatic carbocycles. The highest BCUT2D eigenvalue weighted by molar-refractivity contribution is 7.99. The molecule has 0 unspecified atom stereocenters. The lowest BCUT2D eigenvalue weighted by molar-refractivity contribution is 0.626. The second kappa shape index (κ2) is 5.74. The lowest BCUT2D eigenvalue weighted by Crippen LogP contribution is -2.04. The van der Waals surface area contributed by atoms with Crippen LogP contribution in [0.15, 0.2) is 52.3 Å². The predicted octanol–water partition coefficient (Wildman–Crippen LogP) is 4.65. The zero-order valence-corrected chi connectivity index (χ0v) is 11.4. The maximum Gasteiger partial charge on any atom is 0.123 e. The molecule has 0 bridgehead atoms. The van der Waals surface area contributed by atoms with Gasteiger partial charge in [-0.15, -0.1) is 0 Å². The second-order valence-electron chi connectivity index (χ2n) is 4.03. The van der Waals surface area contributed by atoms with Crippen LogP contribution in [0.25, 0.3) is 0 Å². The lowest BCUT2D eigenvalue weighted by atomic mass is 10.1. The SMILES string of the molecule is C[C@H](N)c1ccc(Sc2ccc(F)cc2)c(Cl)c1. The van der Waals surface area contributed by atoms with Gasteiger partial charge in [-0.1, -0.05) is 29.4 Å². The van der Waals surface area contributed by atoms with E-state index in [1.54, 1.807) is 12.1 Å². The minimum atomic E-state index is -0.238. The number of halogens is 2. The number of hydrogen-bond donors (Lipinski definition) is 1. The molecule has 0 saturated carbocycles. The largest absolute Gasteiger partial charge is 0.324 e. The molecule has 0 radical (unpaired) electrons. The van der Waals surface area contributed by atoms with Crippen molar-refractivity contribution in [3.8, 4) is 0 Å². The van der Waals surface area contributed by atoms with Gasteiger partial charge in [-0.25, -0.2) is 4.39 Å². The highest BCUT2D eigenvalue weighted by Crippen LogP contribution is 2.34. The topological polar surface area (TPSA) is 26.0 Å². The third kappa shape index (κ3) is 3.25. The maximum atomic E-state index is 12.8. The molecule has 1 nitrogen and oxygen atoms in total. The molecule has 0 amide bonds. The van der Waals surface area contributed by atoms with Crippen molar-refractivity contribution in [3.63, 3.8) is 0 Å². The molecule has 2 aromatic rings. The fraction of sp³-hybridized carbons (Fsp3) is 0.143. The summed E-state index contributed by atoms with van der Waals surface area (Å²) in [4.78, 5) is 1.89. The van der Waals surface area contributed by atoms with Crippen molar-refractivity contribution in [3.05, 3.63) is 58.9 Å². The Kier molecular flexibility index (Phi) is 4.27. The first kappa shape index (κ1) is 13.4. The van der Waals surface area contributed by atoms with E-state index in [9.17, 15) is 4.39 Å². The molecule has 0 saturated heterocycles. The van der Waals surface area contributed by atoms with Gasteiger partial charge in [0, 0.05) is 15.8 Å². The summed E-state index contributed by atoms with van der Waals surface area (Å²) in [5, 5.41) is 0.666. The lowest BCUT2D eigenvalue weighted by Gasteiger charge is -2.09. The molecule has 0 aliphatic heterocycles. The molecule has 2 rings (SSSR count). The molecule has 94 valence electrons. The van der Waals surface area contributed by atoms with Crippen LogP contribution in [0.1, 0.15) is 18.5 Å². The molecule has 0 heterocycles. The summed E-state index contributed by atoms with van der Waals surface area (Å²) in [6, 6.07) is 12.1. The van der Waals surface area contributed by atoms with Crippen molar-refractivity contribution in [1.82, 2.24) is 0 Å². The van der Waals surface area contributed by atoms with Crippen LogP contribution in [0.5, 0.6) is 0 Å². The van der Waals surface area contributed by atoms with Gasteiger partial charge in [-0.05, 0) is 48.9 Å². The Morgan fingerprint density at radius 1 is 1.17 bits per heavy atom. The summed E-state index contributed by atoms with van der Waals surface area (Å²) in [7, 11) is 0. The van der Waals surface area contributed by atoms with E-state index < -0.39 is 0 Å². The number of hydrogen-bond acceptors (Lipinski definition) is 2. The van der Waals surface area contributed by atoms with Crippen LogP contribution >= 0.6 is 23.4 Å². The quantitative estimate of drug-likeness (QED) is 0.886. The smallest absolute Gasteiger partial charge is 0.123 e. The van der Waals surface area contributed by atoms with Crippen LogP contribution in [0.2, 0.25) is 5.02 Å². The summed E-state index contributed by atoms with van der Waals surface area (Å²) >= 11 is 7.71. The number of benzene rings is 2. The first-order valence-corrected chi connectivity index (χ1v) is 6.74. The van der Waals surface area contributed by atoms with E-state index in [0.717, 1.165) is 15.4 Å². The fourth-order valence-electron chi connectivity index (χ4n) is 1.51. The molecule has 4 heteroatoms. The fourth-order valence-corrected chi connectivity index (χ4v) is 2.64. The molecular formula is C14H13ClFNS. The van der Waals surface area contributed by atoms with E-state index in [2.05, 4.69) is 0 Å². The Labute approximate surface area is 115 Å². The van der Waals surface area contributed by atoms with E-state index in [4.69, 9.17) is 17.3 Å². The van der Waals surface area contributed by atoms with Crippen LogP contribution < -0.4 is 5.73 Å². The zero-order chi connectivity index (χ0) is 13.1. The van der Waals surface area contributed by atoms with Gasteiger partial charge in [0.25, 0.3) is 0 Å². The molecule has 0 aromatic heterocycles. The molecule has 1 atom stereocenters. The van der Waals surface area contributed by atoms with E-state index in [-0.39, 0.29) is 11.9 Å². The summed E-state index contributed by atoms with van der Waals surface area (Å²) in [6.07, 6.45) is 0. The standard InChI is InChI=1S/C14H13ClFNS/c1-9(17)10-2-7-14(13(15)8-10)18-12-5-3-11(16)4-6-12/h2-9H,17H2,1H3/t9-/m0/s1. The Morgan fingerprint density at radius 3 is 2.39 bits per heavy atom. The van der Waals surface area contributed by atoms with Gasteiger partial charge < -0.3 is 5.73 Å². The Balaban J connectivity index is 2.22. The van der Waals surface area contributed by atoms with Crippen molar-refractivity contribution in [1.29, 1.82) is 0 Å². The number of rotatable bonds is 3. The maximum absolute atomic E-state index is 12.8. The van der Waals surface area contributed by atoms with Crippen molar-refractivity contribution in [2.75, 3.05) is 0 Å². The van der Waals surface area contributed by atoms with Gasteiger partial charge in [-0.3, -0.25) is 0 Å². The van der Waals surface area contributed by atoms with Crippen LogP contribution in [-0.2, 0) is 0 Å². The van der Waals surface area contributed by atoms with Gasteiger partial charge in [0.05, 0.1) is 5.02 Å². The normalized spacial score (nSPS) is 12.4. The highest BCUT2D eigenvalue weighted by atomic mass is 35.5. The van der Waals surface area contributed by atoms with E-state index in [0.29, 0.717) is 5.02 Å².